The average molecular weight is 211 g/mol. The molecule has 0 amide bonds. The minimum Gasteiger partial charge on any atom is -0.402 e. The average Bonchev–Trinajstić information content (AvgIpc) is 2.47. The second kappa shape index (κ2) is 4.04. The Kier molecular flexibility index (Phi) is 3.39. The molecule has 0 radical (unpaired) electrons. The van der Waals surface area contributed by atoms with Gasteiger partial charge in [0, 0.05) is 5.41 Å². The molecule has 1 fully saturated rings. The van der Waals surface area contributed by atoms with Crippen molar-refractivity contribution in [2.24, 2.45) is 5.41 Å². The number of hydrogen-bond acceptors (Lipinski definition) is 2. The molecule has 0 heterocycles. The molecular weight excluding hydrogens is 190 g/mol. The maximum atomic E-state index is 9.16. The van der Waals surface area contributed by atoms with E-state index in [-0.39, 0.29) is 11.5 Å². The van der Waals surface area contributed by atoms with Gasteiger partial charge in [-0.25, -0.2) is 0 Å². The van der Waals surface area contributed by atoms with Gasteiger partial charge in [0.05, 0.1) is 6.07 Å². The molecule has 1 aliphatic carbocycles. The van der Waals surface area contributed by atoms with Gasteiger partial charge in [-0.1, -0.05) is 19.8 Å². The molecule has 80 valence electrons. The lowest BCUT2D eigenvalue weighted by Gasteiger charge is -2.33. The molecule has 0 saturated heterocycles. The Labute approximate surface area is 88.4 Å². The van der Waals surface area contributed by atoms with Crippen LogP contribution in [0.3, 0.4) is 0 Å². The molecule has 3 heteroatoms. The molecular formula is C11H21NOSi. The van der Waals surface area contributed by atoms with Gasteiger partial charge in [-0.05, 0) is 32.5 Å². The van der Waals surface area contributed by atoms with E-state index in [4.69, 9.17) is 9.69 Å². The maximum absolute atomic E-state index is 9.16. The summed E-state index contributed by atoms with van der Waals surface area (Å²) in [5.74, 6) is 0. The molecule has 0 aliphatic heterocycles. The minimum absolute atomic E-state index is 0.120. The normalized spacial score (nSPS) is 23.1. The predicted octanol–water partition coefficient (Wildman–Crippen LogP) is 3.31. The molecule has 0 aromatic heterocycles. The van der Waals surface area contributed by atoms with Gasteiger partial charge in [-0.2, -0.15) is 5.26 Å². The highest BCUT2D eigenvalue weighted by Crippen LogP contribution is 2.42. The van der Waals surface area contributed by atoms with Crippen LogP contribution in [0.25, 0.3) is 0 Å². The van der Waals surface area contributed by atoms with Crippen LogP contribution >= 0.6 is 0 Å². The lowest BCUT2D eigenvalue weighted by molar-refractivity contribution is 0.103. The largest absolute Gasteiger partial charge is 0.402 e. The Morgan fingerprint density at radius 1 is 1.29 bits per heavy atom. The van der Waals surface area contributed by atoms with Gasteiger partial charge in [0.1, 0.15) is 6.10 Å². The van der Waals surface area contributed by atoms with Gasteiger partial charge in [-0.15, -0.1) is 0 Å². The predicted molar refractivity (Wildman–Crippen MR) is 60.4 cm³/mol. The van der Waals surface area contributed by atoms with Gasteiger partial charge < -0.3 is 4.43 Å². The summed E-state index contributed by atoms with van der Waals surface area (Å²) in [6, 6.07) is 2.35. The number of nitrogens with zero attached hydrogens (tertiary/aromatic N) is 1. The van der Waals surface area contributed by atoms with Crippen molar-refractivity contribution in [2.45, 2.75) is 58.4 Å². The van der Waals surface area contributed by atoms with Gasteiger partial charge >= 0.3 is 0 Å². The van der Waals surface area contributed by atoms with Crippen LogP contribution in [0.5, 0.6) is 0 Å². The third-order valence-electron chi connectivity index (χ3n) is 2.97. The van der Waals surface area contributed by atoms with E-state index >= 15 is 0 Å². The van der Waals surface area contributed by atoms with Crippen LogP contribution < -0.4 is 0 Å². The molecule has 0 N–H and O–H groups in total. The molecule has 1 rings (SSSR count). The van der Waals surface area contributed by atoms with Crippen molar-refractivity contribution < 1.29 is 4.43 Å². The van der Waals surface area contributed by atoms with E-state index in [2.05, 4.69) is 32.6 Å². The van der Waals surface area contributed by atoms with Gasteiger partial charge in [0.15, 0.2) is 8.32 Å². The van der Waals surface area contributed by atoms with Gasteiger partial charge in [0.25, 0.3) is 0 Å². The summed E-state index contributed by atoms with van der Waals surface area (Å²) < 4.78 is 5.95. The Bertz CT molecular complexity index is 233. The number of rotatable bonds is 3. The summed E-state index contributed by atoms with van der Waals surface area (Å²) >= 11 is 0. The fourth-order valence-corrected chi connectivity index (χ4v) is 3.17. The molecule has 1 aliphatic rings. The van der Waals surface area contributed by atoms with Crippen LogP contribution in [0.4, 0.5) is 0 Å². The lowest BCUT2D eigenvalue weighted by Crippen LogP contribution is -2.39. The Balaban J connectivity index is 2.67. The standard InChI is InChI=1S/C11H21NOSi/c1-11(7-5-6-8-11)10(9-12)13-14(2,3)4/h10H,5-8H2,1-4H3. The highest BCUT2D eigenvalue weighted by Gasteiger charge is 2.39. The van der Waals surface area contributed by atoms with E-state index in [1.807, 2.05) is 0 Å². The fraction of sp³-hybridized carbons (Fsp3) is 0.909. The van der Waals surface area contributed by atoms with Crippen molar-refractivity contribution in [3.63, 3.8) is 0 Å². The Morgan fingerprint density at radius 2 is 1.79 bits per heavy atom. The number of nitriles is 1. The zero-order chi connectivity index (χ0) is 10.8. The van der Waals surface area contributed by atoms with Crippen LogP contribution in [0, 0.1) is 16.7 Å². The van der Waals surface area contributed by atoms with E-state index in [1.54, 1.807) is 0 Å². The van der Waals surface area contributed by atoms with Crippen LogP contribution in [0.15, 0.2) is 0 Å². The Morgan fingerprint density at radius 3 is 2.14 bits per heavy atom. The molecule has 1 saturated carbocycles. The first kappa shape index (κ1) is 11.7. The van der Waals surface area contributed by atoms with Crippen molar-refractivity contribution in [3.8, 4) is 6.07 Å². The number of hydrogen-bond donors (Lipinski definition) is 0. The molecule has 2 nitrogen and oxygen atoms in total. The van der Waals surface area contributed by atoms with Crippen molar-refractivity contribution >= 4 is 8.32 Å². The van der Waals surface area contributed by atoms with Crippen LogP contribution in [-0.4, -0.2) is 14.4 Å². The minimum atomic E-state index is -1.58. The molecule has 1 atom stereocenters. The summed E-state index contributed by atoms with van der Waals surface area (Å²) in [7, 11) is -1.58. The van der Waals surface area contributed by atoms with Crippen molar-refractivity contribution in [2.75, 3.05) is 0 Å². The van der Waals surface area contributed by atoms with E-state index in [0.29, 0.717) is 0 Å². The van der Waals surface area contributed by atoms with E-state index in [1.165, 1.54) is 12.8 Å². The zero-order valence-electron chi connectivity index (χ0n) is 9.76. The zero-order valence-corrected chi connectivity index (χ0v) is 10.8. The molecule has 0 bridgehead atoms. The summed E-state index contributed by atoms with van der Waals surface area (Å²) in [5, 5.41) is 9.16. The third-order valence-corrected chi connectivity index (χ3v) is 3.91. The maximum Gasteiger partial charge on any atom is 0.185 e. The summed E-state index contributed by atoms with van der Waals surface area (Å²) in [6.45, 7) is 8.65. The van der Waals surface area contributed by atoms with Crippen molar-refractivity contribution in [3.05, 3.63) is 0 Å². The van der Waals surface area contributed by atoms with E-state index in [9.17, 15) is 0 Å². The smallest absolute Gasteiger partial charge is 0.185 e. The van der Waals surface area contributed by atoms with Gasteiger partial charge in [-0.3, -0.25) is 0 Å². The first-order valence-electron chi connectivity index (χ1n) is 5.45. The van der Waals surface area contributed by atoms with Crippen LogP contribution in [0.1, 0.15) is 32.6 Å². The monoisotopic (exact) mass is 211 g/mol. The summed E-state index contributed by atoms with van der Waals surface area (Å²) in [4.78, 5) is 0. The van der Waals surface area contributed by atoms with Crippen molar-refractivity contribution in [1.29, 1.82) is 5.26 Å². The van der Waals surface area contributed by atoms with E-state index < -0.39 is 8.32 Å². The molecule has 0 aromatic rings. The second-order valence-corrected chi connectivity index (χ2v) is 10.1. The van der Waals surface area contributed by atoms with Gasteiger partial charge in [0.2, 0.25) is 0 Å². The molecule has 1 unspecified atom stereocenters. The second-order valence-electron chi connectivity index (χ2n) is 5.60. The third kappa shape index (κ3) is 2.83. The van der Waals surface area contributed by atoms with Crippen LogP contribution in [-0.2, 0) is 4.43 Å². The van der Waals surface area contributed by atoms with E-state index in [0.717, 1.165) is 12.8 Å². The topological polar surface area (TPSA) is 33.0 Å². The first-order valence-corrected chi connectivity index (χ1v) is 8.86. The van der Waals surface area contributed by atoms with Crippen molar-refractivity contribution in [1.82, 2.24) is 0 Å². The highest BCUT2D eigenvalue weighted by molar-refractivity contribution is 6.69. The quantitative estimate of drug-likeness (QED) is 0.671. The fourth-order valence-electron chi connectivity index (χ4n) is 2.12. The molecule has 0 spiro atoms. The SMILES string of the molecule is CC1(C(C#N)O[Si](C)(C)C)CCCC1. The first-order chi connectivity index (χ1) is 6.37. The Hall–Kier alpha value is -0.333. The summed E-state index contributed by atoms with van der Waals surface area (Å²) in [5.41, 5.74) is 0.120. The highest BCUT2D eigenvalue weighted by atomic mass is 28.4. The van der Waals surface area contributed by atoms with Crippen LogP contribution in [0.2, 0.25) is 19.6 Å². The molecule has 0 aromatic carbocycles. The molecule has 14 heavy (non-hydrogen) atoms. The summed E-state index contributed by atoms with van der Waals surface area (Å²) in [6.07, 6.45) is 4.62. The lowest BCUT2D eigenvalue weighted by atomic mass is 9.83.